The van der Waals surface area contributed by atoms with E-state index in [0.717, 1.165) is 11.1 Å². The van der Waals surface area contributed by atoms with Crippen LogP contribution in [0.2, 0.25) is 0 Å². The summed E-state index contributed by atoms with van der Waals surface area (Å²) >= 11 is 0. The Labute approximate surface area is 217 Å². The number of ether oxygens (including phenoxy) is 4. The maximum Gasteiger partial charge on any atom is 0.408 e. The molecule has 0 aliphatic rings. The van der Waals surface area contributed by atoms with Crippen LogP contribution >= 0.6 is 0 Å². The van der Waals surface area contributed by atoms with E-state index in [0.29, 0.717) is 23.7 Å². The molecule has 3 aromatic carbocycles. The van der Waals surface area contributed by atoms with Crippen LogP contribution in [0.3, 0.4) is 0 Å². The summed E-state index contributed by atoms with van der Waals surface area (Å²) < 4.78 is 22.1. The zero-order valence-corrected chi connectivity index (χ0v) is 21.5. The van der Waals surface area contributed by atoms with Crippen molar-refractivity contribution in [1.29, 1.82) is 0 Å². The van der Waals surface area contributed by atoms with E-state index in [2.05, 4.69) is 5.32 Å². The fourth-order valence-electron chi connectivity index (χ4n) is 3.43. The number of methoxy groups -OCH3 is 1. The van der Waals surface area contributed by atoms with Gasteiger partial charge in [0.15, 0.2) is 17.5 Å². The largest absolute Gasteiger partial charge is 0.485 e. The van der Waals surface area contributed by atoms with Crippen LogP contribution in [0.4, 0.5) is 4.79 Å². The molecular weight excluding hydrogens is 474 g/mol. The predicted octanol–water partition coefficient (Wildman–Crippen LogP) is 4.94. The van der Waals surface area contributed by atoms with Crippen LogP contribution in [0.1, 0.15) is 43.6 Å². The maximum absolute atomic E-state index is 12.4. The molecule has 0 radical (unpaired) electrons. The van der Waals surface area contributed by atoms with E-state index in [-0.39, 0.29) is 6.61 Å². The lowest BCUT2D eigenvalue weighted by atomic mass is 10.0. The molecule has 8 heteroatoms. The molecule has 3 rings (SSSR count). The first-order valence-electron chi connectivity index (χ1n) is 11.9. The van der Waals surface area contributed by atoms with Gasteiger partial charge in [0.1, 0.15) is 24.9 Å². The summed E-state index contributed by atoms with van der Waals surface area (Å²) in [6, 6.07) is 22.7. The molecule has 0 bridgehead atoms. The van der Waals surface area contributed by atoms with E-state index in [1.54, 1.807) is 39.0 Å². The number of carbonyl (C=O) groups excluding carboxylic acids is 2. The Morgan fingerprint density at radius 3 is 1.89 bits per heavy atom. The van der Waals surface area contributed by atoms with Gasteiger partial charge in [-0.25, -0.2) is 9.59 Å². The standard InChI is InChI=1S/C29H33NO7/c1-29(2,3)37-28(33)30-25(27(32)34-4)26(31)22-15-16-23(35-18-20-11-7-5-8-12-20)24(17-22)36-19-21-13-9-6-10-14-21/h5-17,25-26,31H,18-19H2,1-4H3,(H,30,33)/t25-,26+/m0/s1. The fourth-order valence-corrected chi connectivity index (χ4v) is 3.43. The fraction of sp³-hybridized carbons (Fsp3) is 0.310. The van der Waals surface area contributed by atoms with Crippen molar-refractivity contribution < 1.29 is 33.6 Å². The maximum atomic E-state index is 12.4. The van der Waals surface area contributed by atoms with Gasteiger partial charge in [0.05, 0.1) is 7.11 Å². The van der Waals surface area contributed by atoms with Gasteiger partial charge in [0.2, 0.25) is 0 Å². The molecular formula is C29H33NO7. The number of nitrogens with one attached hydrogen (secondary N) is 1. The Kier molecular flexibility index (Phi) is 9.51. The van der Waals surface area contributed by atoms with Gasteiger partial charge in [-0.15, -0.1) is 0 Å². The van der Waals surface area contributed by atoms with Crippen LogP contribution < -0.4 is 14.8 Å². The minimum atomic E-state index is -1.44. The third-order valence-corrected chi connectivity index (χ3v) is 5.23. The lowest BCUT2D eigenvalue weighted by molar-refractivity contribution is -0.146. The second-order valence-corrected chi connectivity index (χ2v) is 9.35. The Morgan fingerprint density at radius 2 is 1.38 bits per heavy atom. The molecule has 196 valence electrons. The van der Waals surface area contributed by atoms with Crippen LogP contribution in [0.25, 0.3) is 0 Å². The van der Waals surface area contributed by atoms with Crippen LogP contribution in [-0.4, -0.2) is 35.9 Å². The highest BCUT2D eigenvalue weighted by Gasteiger charge is 2.33. The van der Waals surface area contributed by atoms with Crippen LogP contribution in [-0.2, 0) is 27.5 Å². The quantitative estimate of drug-likeness (QED) is 0.375. The lowest BCUT2D eigenvalue weighted by Gasteiger charge is -2.25. The van der Waals surface area contributed by atoms with Crippen molar-refractivity contribution in [2.24, 2.45) is 0 Å². The smallest absolute Gasteiger partial charge is 0.408 e. The number of carbonyl (C=O) groups is 2. The molecule has 0 saturated carbocycles. The van der Waals surface area contributed by atoms with E-state index < -0.39 is 29.8 Å². The highest BCUT2D eigenvalue weighted by Crippen LogP contribution is 2.33. The predicted molar refractivity (Wildman–Crippen MR) is 138 cm³/mol. The molecule has 3 aromatic rings. The third-order valence-electron chi connectivity index (χ3n) is 5.23. The summed E-state index contributed by atoms with van der Waals surface area (Å²) in [5.74, 6) is 0.0113. The summed E-state index contributed by atoms with van der Waals surface area (Å²) in [6.07, 6.45) is -2.30. The molecule has 0 unspecified atom stereocenters. The number of benzene rings is 3. The molecule has 0 aliphatic carbocycles. The van der Waals surface area contributed by atoms with Gasteiger partial charge >= 0.3 is 12.1 Å². The van der Waals surface area contributed by atoms with Gasteiger partial charge in [0, 0.05) is 0 Å². The summed E-state index contributed by atoms with van der Waals surface area (Å²) in [5.41, 5.74) is 1.46. The van der Waals surface area contributed by atoms with Gasteiger partial charge < -0.3 is 29.4 Å². The third kappa shape index (κ3) is 8.54. The van der Waals surface area contributed by atoms with E-state index in [1.807, 2.05) is 60.7 Å². The van der Waals surface area contributed by atoms with Crippen molar-refractivity contribution in [1.82, 2.24) is 5.32 Å². The average Bonchev–Trinajstić information content (AvgIpc) is 2.89. The van der Waals surface area contributed by atoms with Gasteiger partial charge in [-0.2, -0.15) is 0 Å². The summed E-state index contributed by atoms with van der Waals surface area (Å²) in [4.78, 5) is 24.8. The zero-order valence-electron chi connectivity index (χ0n) is 21.5. The van der Waals surface area contributed by atoms with Crippen molar-refractivity contribution in [3.63, 3.8) is 0 Å². The Hall–Kier alpha value is -4.04. The highest BCUT2D eigenvalue weighted by molar-refractivity contribution is 5.82. The molecule has 2 N–H and O–H groups in total. The first-order valence-corrected chi connectivity index (χ1v) is 11.9. The molecule has 0 fully saturated rings. The minimum Gasteiger partial charge on any atom is -0.485 e. The van der Waals surface area contributed by atoms with Crippen molar-refractivity contribution >= 4 is 12.1 Å². The van der Waals surface area contributed by atoms with E-state index in [9.17, 15) is 14.7 Å². The number of aliphatic hydroxyl groups is 1. The topological polar surface area (TPSA) is 103 Å². The number of aliphatic hydroxyl groups excluding tert-OH is 1. The number of alkyl carbamates (subject to hydrolysis) is 1. The zero-order chi connectivity index (χ0) is 26.8. The average molecular weight is 508 g/mol. The second kappa shape index (κ2) is 12.8. The van der Waals surface area contributed by atoms with E-state index >= 15 is 0 Å². The van der Waals surface area contributed by atoms with Gasteiger partial charge in [0.25, 0.3) is 0 Å². The van der Waals surface area contributed by atoms with E-state index in [1.165, 1.54) is 7.11 Å². The van der Waals surface area contributed by atoms with Crippen molar-refractivity contribution in [2.45, 2.75) is 51.7 Å². The lowest BCUT2D eigenvalue weighted by Crippen LogP contribution is -2.47. The minimum absolute atomic E-state index is 0.263. The summed E-state index contributed by atoms with van der Waals surface area (Å²) in [6.45, 7) is 5.66. The molecule has 1 amide bonds. The van der Waals surface area contributed by atoms with Crippen molar-refractivity contribution in [3.8, 4) is 11.5 Å². The van der Waals surface area contributed by atoms with Crippen LogP contribution in [0, 0.1) is 0 Å². The molecule has 0 saturated heterocycles. The number of hydrogen-bond donors (Lipinski definition) is 2. The van der Waals surface area contributed by atoms with Crippen molar-refractivity contribution in [2.75, 3.05) is 7.11 Å². The molecule has 0 aromatic heterocycles. The van der Waals surface area contributed by atoms with E-state index in [4.69, 9.17) is 18.9 Å². The normalized spacial score (nSPS) is 12.7. The number of amides is 1. The Bertz CT molecular complexity index is 1160. The SMILES string of the molecule is COC(=O)[C@@H](NC(=O)OC(C)(C)C)[C@H](O)c1ccc(OCc2ccccc2)c(OCc2ccccc2)c1. The Balaban J connectivity index is 1.85. The molecule has 2 atom stereocenters. The summed E-state index contributed by atoms with van der Waals surface area (Å²) in [7, 11) is 1.17. The molecule has 8 nitrogen and oxygen atoms in total. The Morgan fingerprint density at radius 1 is 0.838 bits per heavy atom. The molecule has 0 aliphatic heterocycles. The molecule has 37 heavy (non-hydrogen) atoms. The van der Waals surface area contributed by atoms with Crippen LogP contribution in [0.5, 0.6) is 11.5 Å². The van der Waals surface area contributed by atoms with Gasteiger partial charge in [-0.1, -0.05) is 66.7 Å². The van der Waals surface area contributed by atoms with Crippen LogP contribution in [0.15, 0.2) is 78.9 Å². The summed E-state index contributed by atoms with van der Waals surface area (Å²) in [5, 5.41) is 13.5. The monoisotopic (exact) mass is 507 g/mol. The molecule has 0 spiro atoms. The van der Waals surface area contributed by atoms with Gasteiger partial charge in [-0.05, 0) is 49.6 Å². The van der Waals surface area contributed by atoms with Crippen molar-refractivity contribution in [3.05, 3.63) is 95.6 Å². The van der Waals surface area contributed by atoms with Gasteiger partial charge in [-0.3, -0.25) is 0 Å². The highest BCUT2D eigenvalue weighted by atomic mass is 16.6. The molecule has 0 heterocycles. The first kappa shape index (κ1) is 27.5. The first-order chi connectivity index (χ1) is 17.7. The second-order valence-electron chi connectivity index (χ2n) is 9.35. The number of hydrogen-bond acceptors (Lipinski definition) is 7. The number of esters is 1. The number of rotatable bonds is 10.